The highest BCUT2D eigenvalue weighted by Gasteiger charge is 2.12. The quantitative estimate of drug-likeness (QED) is 0.556. The first kappa shape index (κ1) is 10.4. The third-order valence-corrected chi connectivity index (χ3v) is 1.49. The third kappa shape index (κ3) is 2.96. The Labute approximate surface area is 78.3 Å². The van der Waals surface area contributed by atoms with Gasteiger partial charge in [-0.2, -0.15) is 8.78 Å². The molecule has 0 spiro atoms. The minimum Gasteiger partial charge on any atom is -0.434 e. The van der Waals surface area contributed by atoms with Gasteiger partial charge in [0.25, 0.3) is 0 Å². The first-order valence-electron chi connectivity index (χ1n) is 3.74. The van der Waals surface area contributed by atoms with Gasteiger partial charge in [-0.05, 0) is 12.1 Å². The molecule has 0 bridgehead atoms. The molecule has 0 saturated carbocycles. The topological polar surface area (TPSA) is 52.4 Å². The summed E-state index contributed by atoms with van der Waals surface area (Å²) in [6.07, 6.45) is 0. The van der Waals surface area contributed by atoms with E-state index < -0.39 is 18.1 Å². The molecule has 4 nitrogen and oxygen atoms in total. The molecule has 76 valence electrons. The summed E-state index contributed by atoms with van der Waals surface area (Å²) in [6.45, 7) is -3.49. The van der Waals surface area contributed by atoms with Crippen molar-refractivity contribution in [3.05, 3.63) is 39.9 Å². The fourth-order valence-electron chi connectivity index (χ4n) is 0.984. The zero-order chi connectivity index (χ0) is 10.6. The van der Waals surface area contributed by atoms with E-state index in [-0.39, 0.29) is 11.3 Å². The van der Waals surface area contributed by atoms with Gasteiger partial charge in [0.15, 0.2) is 0 Å². The molecule has 0 radical (unpaired) electrons. The number of hydrogen-bond donors (Lipinski definition) is 0. The molecule has 0 unspecified atom stereocenters. The van der Waals surface area contributed by atoms with Gasteiger partial charge in [0.1, 0.15) is 5.75 Å². The van der Waals surface area contributed by atoms with Crippen LogP contribution < -0.4 is 4.74 Å². The second-order valence-corrected chi connectivity index (χ2v) is 2.48. The molecule has 0 heterocycles. The average molecular weight is 203 g/mol. The Bertz CT molecular complexity index is 330. The van der Waals surface area contributed by atoms with E-state index in [1.807, 2.05) is 0 Å². The van der Waals surface area contributed by atoms with E-state index in [1.165, 1.54) is 24.3 Å². The molecule has 1 rings (SSSR count). The molecular formula is C8H7F2NO3. The van der Waals surface area contributed by atoms with E-state index in [0.29, 0.717) is 0 Å². The van der Waals surface area contributed by atoms with Gasteiger partial charge < -0.3 is 4.74 Å². The summed E-state index contributed by atoms with van der Waals surface area (Å²) in [6, 6.07) is 5.64. The number of alkyl halides is 2. The minimum absolute atomic E-state index is 0.137. The summed E-state index contributed by atoms with van der Waals surface area (Å²) in [4.78, 5) is 9.57. The number of para-hydroxylation sites is 1. The Morgan fingerprint density at radius 2 is 2.07 bits per heavy atom. The Morgan fingerprint density at radius 3 is 2.64 bits per heavy atom. The SMILES string of the molecule is O=[N+]([O-])Cc1ccccc1OC(F)F. The molecule has 0 saturated heterocycles. The molecule has 0 N–H and O–H groups in total. The third-order valence-electron chi connectivity index (χ3n) is 1.49. The van der Waals surface area contributed by atoms with Gasteiger partial charge in [-0.3, -0.25) is 10.1 Å². The highest BCUT2D eigenvalue weighted by atomic mass is 19.3. The lowest BCUT2D eigenvalue weighted by Gasteiger charge is -2.06. The Morgan fingerprint density at radius 1 is 1.43 bits per heavy atom. The largest absolute Gasteiger partial charge is 0.434 e. The highest BCUT2D eigenvalue weighted by Crippen LogP contribution is 2.20. The first-order valence-corrected chi connectivity index (χ1v) is 3.74. The number of halogens is 2. The predicted octanol–water partition coefficient (Wildman–Crippen LogP) is 2.06. The van der Waals surface area contributed by atoms with Crippen LogP contribution in [0.5, 0.6) is 5.75 Å². The van der Waals surface area contributed by atoms with E-state index >= 15 is 0 Å². The van der Waals surface area contributed by atoms with Crippen LogP contribution in [0.4, 0.5) is 8.78 Å². The maximum Gasteiger partial charge on any atom is 0.387 e. The van der Waals surface area contributed by atoms with Gasteiger partial charge in [-0.25, -0.2) is 0 Å². The van der Waals surface area contributed by atoms with Crippen molar-refractivity contribution in [1.82, 2.24) is 0 Å². The summed E-state index contributed by atoms with van der Waals surface area (Å²) in [5.74, 6) is -0.154. The summed E-state index contributed by atoms with van der Waals surface area (Å²) < 4.78 is 27.8. The molecule has 1 aromatic rings. The van der Waals surface area contributed by atoms with E-state index in [2.05, 4.69) is 4.74 Å². The van der Waals surface area contributed by atoms with Crippen LogP contribution in [0.25, 0.3) is 0 Å². The smallest absolute Gasteiger partial charge is 0.387 e. The number of benzene rings is 1. The standard InChI is InChI=1S/C8H7F2NO3/c9-8(10)14-7-4-2-1-3-6(7)5-11(12)13/h1-4,8H,5H2. The van der Waals surface area contributed by atoms with E-state index in [1.54, 1.807) is 0 Å². The Kier molecular flexibility index (Phi) is 3.33. The van der Waals surface area contributed by atoms with Crippen molar-refractivity contribution in [2.45, 2.75) is 13.2 Å². The molecule has 0 aliphatic rings. The summed E-state index contributed by atoms with van der Waals surface area (Å²) >= 11 is 0. The fraction of sp³-hybridized carbons (Fsp3) is 0.250. The van der Waals surface area contributed by atoms with Crippen molar-refractivity contribution < 1.29 is 18.4 Å². The second kappa shape index (κ2) is 4.50. The van der Waals surface area contributed by atoms with Crippen LogP contribution >= 0.6 is 0 Å². The lowest BCUT2D eigenvalue weighted by Crippen LogP contribution is -2.06. The van der Waals surface area contributed by atoms with Gasteiger partial charge in [0.2, 0.25) is 6.54 Å². The van der Waals surface area contributed by atoms with Crippen LogP contribution in [0.2, 0.25) is 0 Å². The van der Waals surface area contributed by atoms with Crippen molar-refractivity contribution >= 4 is 0 Å². The van der Waals surface area contributed by atoms with Crippen molar-refractivity contribution in [1.29, 1.82) is 0 Å². The molecule has 0 aliphatic heterocycles. The highest BCUT2D eigenvalue weighted by molar-refractivity contribution is 5.32. The molecule has 1 aromatic carbocycles. The monoisotopic (exact) mass is 203 g/mol. The van der Waals surface area contributed by atoms with Gasteiger partial charge in [0, 0.05) is 4.92 Å². The number of nitrogens with zero attached hydrogens (tertiary/aromatic N) is 1. The van der Waals surface area contributed by atoms with Crippen molar-refractivity contribution in [3.8, 4) is 5.75 Å². The molecule has 14 heavy (non-hydrogen) atoms. The molecular weight excluding hydrogens is 196 g/mol. The van der Waals surface area contributed by atoms with Crippen LogP contribution in [0, 0.1) is 10.1 Å². The Hall–Kier alpha value is -1.72. The number of rotatable bonds is 4. The summed E-state index contributed by atoms with van der Waals surface area (Å²) in [5, 5.41) is 10.2. The summed E-state index contributed by atoms with van der Waals surface area (Å²) in [5.41, 5.74) is 0.137. The molecule has 0 aromatic heterocycles. The summed E-state index contributed by atoms with van der Waals surface area (Å²) in [7, 11) is 0. The van der Waals surface area contributed by atoms with E-state index in [0.717, 1.165) is 0 Å². The predicted molar refractivity (Wildman–Crippen MR) is 43.8 cm³/mol. The van der Waals surface area contributed by atoms with E-state index in [9.17, 15) is 18.9 Å². The van der Waals surface area contributed by atoms with Crippen molar-refractivity contribution in [2.75, 3.05) is 0 Å². The van der Waals surface area contributed by atoms with Crippen LogP contribution in [-0.2, 0) is 6.54 Å². The number of hydrogen-bond acceptors (Lipinski definition) is 3. The normalized spacial score (nSPS) is 10.2. The maximum absolute atomic E-state index is 11.8. The van der Waals surface area contributed by atoms with Gasteiger partial charge in [-0.1, -0.05) is 12.1 Å². The fourth-order valence-corrected chi connectivity index (χ4v) is 0.984. The first-order chi connectivity index (χ1) is 6.59. The maximum atomic E-state index is 11.8. The molecule has 0 aliphatic carbocycles. The van der Waals surface area contributed by atoms with Gasteiger partial charge >= 0.3 is 6.61 Å². The minimum atomic E-state index is -2.97. The zero-order valence-electron chi connectivity index (χ0n) is 7.02. The van der Waals surface area contributed by atoms with Gasteiger partial charge in [0.05, 0.1) is 5.56 Å². The molecule has 0 amide bonds. The van der Waals surface area contributed by atoms with Crippen LogP contribution in [0.3, 0.4) is 0 Å². The van der Waals surface area contributed by atoms with Crippen LogP contribution in [0.1, 0.15) is 5.56 Å². The average Bonchev–Trinajstić information content (AvgIpc) is 2.06. The molecule has 0 fully saturated rings. The molecule has 6 heteroatoms. The lowest BCUT2D eigenvalue weighted by atomic mass is 10.2. The van der Waals surface area contributed by atoms with Crippen LogP contribution in [-0.4, -0.2) is 11.5 Å². The number of ether oxygens (including phenoxy) is 1. The second-order valence-electron chi connectivity index (χ2n) is 2.48. The number of nitro groups is 1. The van der Waals surface area contributed by atoms with Crippen molar-refractivity contribution in [2.24, 2.45) is 0 Å². The van der Waals surface area contributed by atoms with E-state index in [4.69, 9.17) is 0 Å². The lowest BCUT2D eigenvalue weighted by molar-refractivity contribution is -0.497. The zero-order valence-corrected chi connectivity index (χ0v) is 7.02. The van der Waals surface area contributed by atoms with Gasteiger partial charge in [-0.15, -0.1) is 0 Å². The van der Waals surface area contributed by atoms with Crippen molar-refractivity contribution in [3.63, 3.8) is 0 Å². The Balaban J connectivity index is 2.85. The van der Waals surface area contributed by atoms with Crippen LogP contribution in [0.15, 0.2) is 24.3 Å². The molecule has 0 atom stereocenters.